The molecular weight excluding hydrogens is 466 g/mol. The third-order valence-corrected chi connectivity index (χ3v) is 6.49. The summed E-state index contributed by atoms with van der Waals surface area (Å²) in [7, 11) is 1.64. The first-order valence-electron chi connectivity index (χ1n) is 10.9. The molecule has 1 aliphatic heterocycles. The fourth-order valence-electron chi connectivity index (χ4n) is 3.45. The number of hydrogen-bond acceptors (Lipinski definition) is 6. The Bertz CT molecular complexity index is 1210. The van der Waals surface area contributed by atoms with Crippen molar-refractivity contribution in [2.45, 2.75) is 13.3 Å². The van der Waals surface area contributed by atoms with Crippen LogP contribution in [0.5, 0.6) is 17.2 Å². The van der Waals surface area contributed by atoms with E-state index in [1.54, 1.807) is 12.0 Å². The molecule has 1 fully saturated rings. The maximum atomic E-state index is 13.1. The van der Waals surface area contributed by atoms with Crippen LogP contribution in [0, 0.1) is 6.92 Å². The zero-order valence-electron chi connectivity index (χ0n) is 19.0. The van der Waals surface area contributed by atoms with Crippen LogP contribution in [0.3, 0.4) is 0 Å². The van der Waals surface area contributed by atoms with Crippen LogP contribution in [-0.4, -0.2) is 30.6 Å². The van der Waals surface area contributed by atoms with Gasteiger partial charge in [-0.1, -0.05) is 54.3 Å². The lowest BCUT2D eigenvalue weighted by molar-refractivity contribution is -0.113. The molecule has 174 valence electrons. The Morgan fingerprint density at radius 1 is 0.912 bits per heavy atom. The summed E-state index contributed by atoms with van der Waals surface area (Å²) in [6.45, 7) is 3.04. The lowest BCUT2D eigenvalue weighted by atomic mass is 10.1. The summed E-state index contributed by atoms with van der Waals surface area (Å²) in [6, 6.07) is 22.9. The lowest BCUT2D eigenvalue weighted by Crippen LogP contribution is -2.28. The summed E-state index contributed by atoms with van der Waals surface area (Å²) >= 11 is 6.81. The van der Waals surface area contributed by atoms with E-state index < -0.39 is 0 Å². The molecule has 5 nitrogen and oxygen atoms in total. The second kappa shape index (κ2) is 11.2. The third-order valence-electron chi connectivity index (χ3n) is 5.19. The minimum atomic E-state index is -0.105. The van der Waals surface area contributed by atoms with E-state index in [1.807, 2.05) is 85.8 Å². The second-order valence-corrected chi connectivity index (χ2v) is 9.28. The Labute approximate surface area is 209 Å². The van der Waals surface area contributed by atoms with Gasteiger partial charge in [0.05, 0.1) is 30.9 Å². The molecule has 3 aromatic rings. The molecule has 0 atom stereocenters. The summed E-state index contributed by atoms with van der Waals surface area (Å²) in [6.07, 6.45) is 2.60. The number of nitrogens with zero attached hydrogens (tertiary/aromatic N) is 1. The van der Waals surface area contributed by atoms with Crippen LogP contribution in [0.4, 0.5) is 5.69 Å². The van der Waals surface area contributed by atoms with Crippen molar-refractivity contribution in [2.24, 2.45) is 0 Å². The predicted octanol–water partition coefficient (Wildman–Crippen LogP) is 6.26. The van der Waals surface area contributed by atoms with E-state index >= 15 is 0 Å². The molecule has 1 amide bonds. The SMILES string of the molecule is COc1ccc(OCCCOc2cccc(/C=C3\SC(=S)N(c4ccccc4C)C3=O)c2)cc1. The van der Waals surface area contributed by atoms with E-state index in [-0.39, 0.29) is 5.91 Å². The molecule has 0 spiro atoms. The quantitative estimate of drug-likeness (QED) is 0.200. The summed E-state index contributed by atoms with van der Waals surface area (Å²) in [5.74, 6) is 2.23. The van der Waals surface area contributed by atoms with Crippen molar-refractivity contribution < 1.29 is 19.0 Å². The number of benzene rings is 3. The number of para-hydroxylation sites is 1. The number of rotatable bonds is 9. The molecule has 1 saturated heterocycles. The van der Waals surface area contributed by atoms with Gasteiger partial charge in [-0.05, 0) is 66.6 Å². The Balaban J connectivity index is 1.33. The van der Waals surface area contributed by atoms with E-state index in [0.29, 0.717) is 22.4 Å². The first kappa shape index (κ1) is 23.9. The Hall–Kier alpha value is -3.29. The lowest BCUT2D eigenvalue weighted by Gasteiger charge is -2.16. The molecule has 0 N–H and O–H groups in total. The molecule has 1 aliphatic rings. The van der Waals surface area contributed by atoms with Gasteiger partial charge in [-0.3, -0.25) is 9.69 Å². The van der Waals surface area contributed by atoms with Crippen molar-refractivity contribution >= 4 is 46.0 Å². The van der Waals surface area contributed by atoms with Crippen molar-refractivity contribution in [2.75, 3.05) is 25.2 Å². The van der Waals surface area contributed by atoms with Crippen LogP contribution < -0.4 is 19.1 Å². The fraction of sp³-hybridized carbons (Fsp3) is 0.185. The highest BCUT2D eigenvalue weighted by atomic mass is 32.2. The number of carbonyl (C=O) groups excluding carboxylic acids is 1. The molecule has 34 heavy (non-hydrogen) atoms. The molecule has 0 unspecified atom stereocenters. The Kier molecular flexibility index (Phi) is 7.87. The molecule has 0 saturated carbocycles. The fourth-order valence-corrected chi connectivity index (χ4v) is 4.73. The van der Waals surface area contributed by atoms with Crippen LogP contribution in [0.2, 0.25) is 0 Å². The number of amides is 1. The Morgan fingerprint density at radius 3 is 2.35 bits per heavy atom. The van der Waals surface area contributed by atoms with E-state index in [2.05, 4.69) is 0 Å². The average Bonchev–Trinajstić information content (AvgIpc) is 3.12. The van der Waals surface area contributed by atoms with Crippen LogP contribution in [-0.2, 0) is 4.79 Å². The number of hydrogen-bond donors (Lipinski definition) is 0. The minimum Gasteiger partial charge on any atom is -0.497 e. The van der Waals surface area contributed by atoms with Gasteiger partial charge in [0.15, 0.2) is 4.32 Å². The average molecular weight is 492 g/mol. The number of ether oxygens (including phenoxy) is 3. The van der Waals surface area contributed by atoms with Gasteiger partial charge in [-0.2, -0.15) is 0 Å². The zero-order chi connectivity index (χ0) is 23.9. The van der Waals surface area contributed by atoms with Crippen molar-refractivity contribution in [1.82, 2.24) is 0 Å². The summed E-state index contributed by atoms with van der Waals surface area (Å²) in [4.78, 5) is 15.2. The molecule has 4 rings (SSSR count). The van der Waals surface area contributed by atoms with E-state index in [4.69, 9.17) is 26.4 Å². The van der Waals surface area contributed by atoms with Crippen LogP contribution >= 0.6 is 24.0 Å². The summed E-state index contributed by atoms with van der Waals surface area (Å²) in [5.41, 5.74) is 2.71. The summed E-state index contributed by atoms with van der Waals surface area (Å²) < 4.78 is 17.3. The minimum absolute atomic E-state index is 0.105. The van der Waals surface area contributed by atoms with Gasteiger partial charge in [-0.15, -0.1) is 0 Å². The first-order valence-corrected chi connectivity index (χ1v) is 12.1. The molecule has 0 aliphatic carbocycles. The standard InChI is InChI=1S/C27H25NO4S2/c1-19-7-3-4-10-24(19)28-26(29)25(34-27(28)33)18-20-8-5-9-23(17-20)32-16-6-15-31-22-13-11-21(30-2)12-14-22/h3-5,7-14,17-18H,6,15-16H2,1-2H3/b25-18-. The number of thioether (sulfide) groups is 1. The maximum absolute atomic E-state index is 13.1. The molecule has 3 aromatic carbocycles. The number of carbonyl (C=O) groups is 1. The van der Waals surface area contributed by atoms with Crippen molar-refractivity contribution in [3.05, 3.63) is 88.8 Å². The second-order valence-electron chi connectivity index (χ2n) is 7.60. The van der Waals surface area contributed by atoms with Crippen LogP contribution in [0.1, 0.15) is 17.5 Å². The van der Waals surface area contributed by atoms with Crippen LogP contribution in [0.25, 0.3) is 6.08 Å². The van der Waals surface area contributed by atoms with Gasteiger partial charge < -0.3 is 14.2 Å². The Morgan fingerprint density at radius 2 is 1.62 bits per heavy atom. The highest BCUT2D eigenvalue weighted by molar-refractivity contribution is 8.27. The van der Waals surface area contributed by atoms with E-state index in [0.717, 1.165) is 40.5 Å². The molecule has 7 heteroatoms. The highest BCUT2D eigenvalue weighted by Gasteiger charge is 2.33. The first-order chi connectivity index (χ1) is 16.5. The smallest absolute Gasteiger partial charge is 0.270 e. The number of thiocarbonyl (C=S) groups is 1. The van der Waals surface area contributed by atoms with Gasteiger partial charge in [0.25, 0.3) is 5.91 Å². The normalized spacial score (nSPS) is 14.5. The molecule has 0 aromatic heterocycles. The van der Waals surface area contributed by atoms with E-state index in [9.17, 15) is 4.79 Å². The van der Waals surface area contributed by atoms with Crippen molar-refractivity contribution in [3.8, 4) is 17.2 Å². The topological polar surface area (TPSA) is 48.0 Å². The van der Waals surface area contributed by atoms with Crippen molar-refractivity contribution in [1.29, 1.82) is 0 Å². The van der Waals surface area contributed by atoms with Gasteiger partial charge in [-0.25, -0.2) is 0 Å². The number of aryl methyl sites for hydroxylation is 1. The summed E-state index contributed by atoms with van der Waals surface area (Å²) in [5, 5.41) is 0. The molecular formula is C27H25NO4S2. The number of anilines is 1. The molecule has 0 radical (unpaired) electrons. The van der Waals surface area contributed by atoms with Gasteiger partial charge in [0.1, 0.15) is 17.2 Å². The largest absolute Gasteiger partial charge is 0.497 e. The third kappa shape index (κ3) is 5.79. The molecule has 0 bridgehead atoms. The van der Waals surface area contributed by atoms with Crippen molar-refractivity contribution in [3.63, 3.8) is 0 Å². The zero-order valence-corrected chi connectivity index (χ0v) is 20.7. The van der Waals surface area contributed by atoms with Crippen LogP contribution in [0.15, 0.2) is 77.7 Å². The maximum Gasteiger partial charge on any atom is 0.270 e. The monoisotopic (exact) mass is 491 g/mol. The number of methoxy groups -OCH3 is 1. The van der Waals surface area contributed by atoms with Gasteiger partial charge >= 0.3 is 0 Å². The van der Waals surface area contributed by atoms with Gasteiger partial charge in [0, 0.05) is 6.42 Å². The highest BCUT2D eigenvalue weighted by Crippen LogP contribution is 2.37. The van der Waals surface area contributed by atoms with E-state index in [1.165, 1.54) is 11.8 Å². The predicted molar refractivity (Wildman–Crippen MR) is 142 cm³/mol. The van der Waals surface area contributed by atoms with Gasteiger partial charge in [0.2, 0.25) is 0 Å². The molecule has 1 heterocycles.